The number of rotatable bonds is 8. The Kier molecular flexibility index (Phi) is 10.7. The molecular formula is C17H31IN6. The number of hydrogen-bond donors (Lipinski definition) is 2. The molecule has 0 radical (unpaired) electrons. The van der Waals surface area contributed by atoms with Crippen molar-refractivity contribution in [3.05, 3.63) is 23.8 Å². The smallest absolute Gasteiger partial charge is 0.191 e. The summed E-state index contributed by atoms with van der Waals surface area (Å²) in [7, 11) is 0. The highest BCUT2D eigenvalue weighted by Gasteiger charge is 2.04. The predicted molar refractivity (Wildman–Crippen MR) is 110 cm³/mol. The van der Waals surface area contributed by atoms with Crippen molar-refractivity contribution in [3.63, 3.8) is 0 Å². The van der Waals surface area contributed by atoms with Crippen molar-refractivity contribution in [1.82, 2.24) is 25.4 Å². The van der Waals surface area contributed by atoms with Crippen LogP contribution in [0.4, 0.5) is 0 Å². The Hall–Kier alpha value is -1.12. The molecule has 7 heteroatoms. The number of guanidine groups is 1. The van der Waals surface area contributed by atoms with Gasteiger partial charge in [-0.2, -0.15) is 0 Å². The molecular weight excluding hydrogens is 415 g/mol. The van der Waals surface area contributed by atoms with E-state index in [1.807, 2.05) is 0 Å². The highest BCUT2D eigenvalue weighted by Crippen LogP contribution is 2.19. The zero-order valence-corrected chi connectivity index (χ0v) is 17.3. The van der Waals surface area contributed by atoms with Gasteiger partial charge in [0.15, 0.2) is 5.96 Å². The van der Waals surface area contributed by atoms with Crippen LogP contribution in [0.2, 0.25) is 0 Å². The van der Waals surface area contributed by atoms with E-state index in [0.717, 1.165) is 50.8 Å². The Balaban J connectivity index is 0.00000288. The Bertz CT molecular complexity index is 523. The average molecular weight is 446 g/mol. The molecule has 0 aliphatic heterocycles. The summed E-state index contributed by atoms with van der Waals surface area (Å²) in [6, 6.07) is 0. The molecule has 0 atom stereocenters. The van der Waals surface area contributed by atoms with Gasteiger partial charge in [0.05, 0.1) is 0 Å². The van der Waals surface area contributed by atoms with E-state index in [-0.39, 0.29) is 24.0 Å². The number of aromatic nitrogens is 3. The quantitative estimate of drug-likeness (QED) is 0.279. The van der Waals surface area contributed by atoms with Gasteiger partial charge in [-0.15, -0.1) is 34.2 Å². The SMILES string of the molecule is CCNC(=NCCC1=CCCCC1)NCCn1cnnc1CC.I. The van der Waals surface area contributed by atoms with E-state index in [1.54, 1.807) is 11.9 Å². The van der Waals surface area contributed by atoms with Crippen LogP contribution in [0.25, 0.3) is 0 Å². The van der Waals surface area contributed by atoms with E-state index in [1.165, 1.54) is 25.7 Å². The molecule has 24 heavy (non-hydrogen) atoms. The topological polar surface area (TPSA) is 67.1 Å². The van der Waals surface area contributed by atoms with E-state index in [2.05, 4.69) is 50.3 Å². The molecule has 1 aromatic heterocycles. The number of nitrogens with zero attached hydrogens (tertiary/aromatic N) is 4. The molecule has 0 saturated heterocycles. The minimum Gasteiger partial charge on any atom is -0.357 e. The Morgan fingerprint density at radius 1 is 1.29 bits per heavy atom. The summed E-state index contributed by atoms with van der Waals surface area (Å²) in [6.45, 7) is 7.59. The first-order valence-corrected chi connectivity index (χ1v) is 8.90. The van der Waals surface area contributed by atoms with Gasteiger partial charge in [0, 0.05) is 32.6 Å². The summed E-state index contributed by atoms with van der Waals surface area (Å²) in [4.78, 5) is 4.68. The summed E-state index contributed by atoms with van der Waals surface area (Å²) in [5.74, 6) is 1.92. The second-order valence-corrected chi connectivity index (χ2v) is 5.84. The molecule has 2 N–H and O–H groups in total. The van der Waals surface area contributed by atoms with Gasteiger partial charge >= 0.3 is 0 Å². The molecule has 0 saturated carbocycles. The van der Waals surface area contributed by atoms with Crippen molar-refractivity contribution in [2.75, 3.05) is 19.6 Å². The zero-order valence-electron chi connectivity index (χ0n) is 14.9. The number of halogens is 1. The van der Waals surface area contributed by atoms with Crippen LogP contribution in [0.3, 0.4) is 0 Å². The third-order valence-corrected chi connectivity index (χ3v) is 4.09. The lowest BCUT2D eigenvalue weighted by Crippen LogP contribution is -2.39. The van der Waals surface area contributed by atoms with Gasteiger partial charge in [-0.05, 0) is 39.0 Å². The Labute approximate surface area is 162 Å². The second-order valence-electron chi connectivity index (χ2n) is 5.84. The molecule has 136 valence electrons. The number of nitrogens with one attached hydrogen (secondary N) is 2. The molecule has 0 amide bonds. The van der Waals surface area contributed by atoms with E-state index in [0.29, 0.717) is 0 Å². The maximum absolute atomic E-state index is 4.68. The van der Waals surface area contributed by atoms with Crippen LogP contribution in [0.15, 0.2) is 23.0 Å². The Morgan fingerprint density at radius 2 is 2.17 bits per heavy atom. The van der Waals surface area contributed by atoms with Crippen molar-refractivity contribution in [2.24, 2.45) is 4.99 Å². The summed E-state index contributed by atoms with van der Waals surface area (Å²) >= 11 is 0. The molecule has 0 spiro atoms. The molecule has 0 bridgehead atoms. The van der Waals surface area contributed by atoms with E-state index < -0.39 is 0 Å². The van der Waals surface area contributed by atoms with E-state index in [9.17, 15) is 0 Å². The second kappa shape index (κ2) is 12.3. The largest absolute Gasteiger partial charge is 0.357 e. The van der Waals surface area contributed by atoms with Gasteiger partial charge in [0.2, 0.25) is 0 Å². The number of aliphatic imine (C=N–C) groups is 1. The lowest BCUT2D eigenvalue weighted by molar-refractivity contribution is 0.632. The summed E-state index contributed by atoms with van der Waals surface area (Å²) in [5.41, 5.74) is 1.58. The molecule has 0 unspecified atom stereocenters. The Morgan fingerprint density at radius 3 is 2.88 bits per heavy atom. The molecule has 1 heterocycles. The van der Waals surface area contributed by atoms with Crippen molar-refractivity contribution in [1.29, 1.82) is 0 Å². The standard InChI is InChI=1S/C17H30N6.HI/c1-3-16-22-21-14-23(16)13-12-20-17(18-4-2)19-11-10-15-8-6-5-7-9-15;/h8,14H,3-7,9-13H2,1-2H3,(H2,18,19,20);1H. The minimum absolute atomic E-state index is 0. The molecule has 0 aromatic carbocycles. The van der Waals surface area contributed by atoms with Gasteiger partial charge < -0.3 is 15.2 Å². The monoisotopic (exact) mass is 446 g/mol. The van der Waals surface area contributed by atoms with E-state index >= 15 is 0 Å². The van der Waals surface area contributed by atoms with Crippen LogP contribution >= 0.6 is 24.0 Å². The number of hydrogen-bond acceptors (Lipinski definition) is 3. The fourth-order valence-corrected chi connectivity index (χ4v) is 2.82. The summed E-state index contributed by atoms with van der Waals surface area (Å²) in [6.07, 6.45) is 11.4. The van der Waals surface area contributed by atoms with Crippen LogP contribution in [-0.2, 0) is 13.0 Å². The molecule has 1 aliphatic rings. The molecule has 2 rings (SSSR count). The lowest BCUT2D eigenvalue weighted by atomic mass is 9.97. The third-order valence-electron chi connectivity index (χ3n) is 4.09. The highest BCUT2D eigenvalue weighted by molar-refractivity contribution is 14.0. The van der Waals surface area contributed by atoms with Crippen LogP contribution in [0, 0.1) is 0 Å². The van der Waals surface area contributed by atoms with Crippen molar-refractivity contribution >= 4 is 29.9 Å². The molecule has 1 aliphatic carbocycles. The fourth-order valence-electron chi connectivity index (χ4n) is 2.82. The normalized spacial score (nSPS) is 14.8. The summed E-state index contributed by atoms with van der Waals surface area (Å²) in [5, 5.41) is 14.8. The van der Waals surface area contributed by atoms with Crippen molar-refractivity contribution < 1.29 is 0 Å². The van der Waals surface area contributed by atoms with Crippen molar-refractivity contribution in [2.45, 2.75) is 58.9 Å². The molecule has 6 nitrogen and oxygen atoms in total. The average Bonchev–Trinajstić information content (AvgIpc) is 3.03. The molecule has 1 aromatic rings. The fraction of sp³-hybridized carbons (Fsp3) is 0.706. The maximum Gasteiger partial charge on any atom is 0.191 e. The predicted octanol–water partition coefficient (Wildman–Crippen LogP) is 2.90. The van der Waals surface area contributed by atoms with Gasteiger partial charge in [-0.3, -0.25) is 4.99 Å². The van der Waals surface area contributed by atoms with E-state index in [4.69, 9.17) is 0 Å². The first-order valence-electron chi connectivity index (χ1n) is 8.90. The van der Waals surface area contributed by atoms with Crippen LogP contribution < -0.4 is 10.6 Å². The lowest BCUT2D eigenvalue weighted by Gasteiger charge is -2.14. The first kappa shape index (κ1) is 20.9. The van der Waals surface area contributed by atoms with Gasteiger partial charge in [-0.25, -0.2) is 0 Å². The molecule has 0 fully saturated rings. The summed E-state index contributed by atoms with van der Waals surface area (Å²) < 4.78 is 2.09. The highest BCUT2D eigenvalue weighted by atomic mass is 127. The van der Waals surface area contributed by atoms with Gasteiger partial charge in [0.1, 0.15) is 12.2 Å². The van der Waals surface area contributed by atoms with Gasteiger partial charge in [0.25, 0.3) is 0 Å². The van der Waals surface area contributed by atoms with Crippen molar-refractivity contribution in [3.8, 4) is 0 Å². The van der Waals surface area contributed by atoms with Gasteiger partial charge in [-0.1, -0.05) is 18.6 Å². The maximum atomic E-state index is 4.68. The van der Waals surface area contributed by atoms with Crippen LogP contribution in [-0.4, -0.2) is 40.4 Å². The third kappa shape index (κ3) is 7.19. The minimum atomic E-state index is 0. The number of allylic oxidation sites excluding steroid dienone is 1. The van der Waals surface area contributed by atoms with Crippen LogP contribution in [0.5, 0.6) is 0 Å². The zero-order chi connectivity index (χ0) is 16.3. The first-order chi connectivity index (χ1) is 11.3. The van der Waals surface area contributed by atoms with Crippen LogP contribution in [0.1, 0.15) is 51.8 Å². The number of aryl methyl sites for hydroxylation is 1.